The third-order valence-corrected chi connectivity index (χ3v) is 5.00. The number of anilines is 1. The van der Waals surface area contributed by atoms with Crippen molar-refractivity contribution >= 4 is 17.5 Å². The summed E-state index contributed by atoms with van der Waals surface area (Å²) in [5.41, 5.74) is 9.15. The molecule has 0 saturated carbocycles. The fourth-order valence-electron chi connectivity index (χ4n) is 3.23. The molecular formula is C21H25N3O2. The van der Waals surface area contributed by atoms with Crippen LogP contribution in [0.5, 0.6) is 0 Å². The number of amides is 2. The van der Waals surface area contributed by atoms with Crippen molar-refractivity contribution in [1.82, 2.24) is 5.32 Å². The number of aryl methyl sites for hydroxylation is 1. The predicted octanol–water partition coefficient (Wildman–Crippen LogP) is 2.55. The maximum Gasteiger partial charge on any atom is 0.249 e. The van der Waals surface area contributed by atoms with Gasteiger partial charge in [-0.3, -0.25) is 9.59 Å². The van der Waals surface area contributed by atoms with Crippen LogP contribution in [-0.2, 0) is 9.59 Å². The van der Waals surface area contributed by atoms with Crippen LogP contribution in [0, 0.1) is 12.8 Å². The minimum atomic E-state index is -0.491. The molecule has 0 aromatic heterocycles. The molecule has 3 atom stereocenters. The van der Waals surface area contributed by atoms with E-state index in [1.165, 1.54) is 0 Å². The molecule has 3 N–H and O–H groups in total. The van der Waals surface area contributed by atoms with Gasteiger partial charge in [-0.15, -0.1) is 0 Å². The Morgan fingerprint density at radius 2 is 1.81 bits per heavy atom. The van der Waals surface area contributed by atoms with E-state index in [-0.39, 0.29) is 11.8 Å². The summed E-state index contributed by atoms with van der Waals surface area (Å²) in [7, 11) is 0. The molecule has 2 aromatic carbocycles. The first-order valence-electron chi connectivity index (χ1n) is 8.96. The van der Waals surface area contributed by atoms with Gasteiger partial charge in [-0.05, 0) is 31.0 Å². The number of hydrogen-bond donors (Lipinski definition) is 2. The Morgan fingerprint density at radius 3 is 2.46 bits per heavy atom. The Kier molecular flexibility index (Phi) is 5.38. The van der Waals surface area contributed by atoms with Gasteiger partial charge < -0.3 is 16.0 Å². The Balaban J connectivity index is 1.63. The molecule has 0 bridgehead atoms. The summed E-state index contributed by atoms with van der Waals surface area (Å²) in [4.78, 5) is 27.0. The third-order valence-electron chi connectivity index (χ3n) is 5.00. The van der Waals surface area contributed by atoms with E-state index >= 15 is 0 Å². The predicted molar refractivity (Wildman–Crippen MR) is 103 cm³/mol. The zero-order valence-electron chi connectivity index (χ0n) is 15.2. The minimum Gasteiger partial charge on any atom is -0.344 e. The second kappa shape index (κ2) is 7.70. The highest BCUT2D eigenvalue weighted by atomic mass is 16.2. The highest BCUT2D eigenvalue weighted by molar-refractivity contribution is 6.01. The van der Waals surface area contributed by atoms with E-state index in [2.05, 4.69) is 5.32 Å². The number of carbonyl (C=O) groups is 2. The first-order valence-corrected chi connectivity index (χ1v) is 8.96. The molecular weight excluding hydrogens is 326 g/mol. The molecule has 1 saturated heterocycles. The highest BCUT2D eigenvalue weighted by Gasteiger charge is 2.35. The zero-order chi connectivity index (χ0) is 18.7. The Labute approximate surface area is 154 Å². The molecule has 1 aliphatic rings. The van der Waals surface area contributed by atoms with Gasteiger partial charge in [0.05, 0.1) is 5.92 Å². The number of nitrogens with zero attached hydrogens (tertiary/aromatic N) is 1. The molecule has 2 aromatic rings. The third kappa shape index (κ3) is 3.78. The number of hydrogen-bond acceptors (Lipinski definition) is 3. The van der Waals surface area contributed by atoms with Gasteiger partial charge in [0.25, 0.3) is 0 Å². The standard InChI is InChI=1S/C21H25N3O2/c1-14-8-10-17(11-9-14)24-13-12-18(21(24)26)23-20(25)15(2)19(22)16-6-4-3-5-7-16/h3-11,15,18-19H,12-13,22H2,1-2H3,(H,23,25). The first-order chi connectivity index (χ1) is 12.5. The van der Waals surface area contributed by atoms with Crippen molar-refractivity contribution in [2.24, 2.45) is 11.7 Å². The lowest BCUT2D eigenvalue weighted by Gasteiger charge is -2.22. The number of nitrogens with two attached hydrogens (primary N) is 1. The topological polar surface area (TPSA) is 75.4 Å². The van der Waals surface area contributed by atoms with E-state index in [1.807, 2.05) is 61.5 Å². The molecule has 0 spiro atoms. The molecule has 0 radical (unpaired) electrons. The van der Waals surface area contributed by atoms with Crippen molar-refractivity contribution in [1.29, 1.82) is 0 Å². The van der Waals surface area contributed by atoms with Crippen molar-refractivity contribution in [2.75, 3.05) is 11.4 Å². The molecule has 5 nitrogen and oxygen atoms in total. The van der Waals surface area contributed by atoms with E-state index in [9.17, 15) is 9.59 Å². The molecule has 3 unspecified atom stereocenters. The molecule has 0 aliphatic carbocycles. The Hall–Kier alpha value is -2.66. The van der Waals surface area contributed by atoms with Crippen LogP contribution in [0.3, 0.4) is 0 Å². The molecule has 5 heteroatoms. The van der Waals surface area contributed by atoms with Crippen LogP contribution >= 0.6 is 0 Å². The maximum absolute atomic E-state index is 12.7. The Bertz CT molecular complexity index is 774. The number of nitrogens with one attached hydrogen (secondary N) is 1. The quantitative estimate of drug-likeness (QED) is 0.869. The van der Waals surface area contributed by atoms with Crippen molar-refractivity contribution < 1.29 is 9.59 Å². The summed E-state index contributed by atoms with van der Waals surface area (Å²) in [6, 6.07) is 16.5. The Morgan fingerprint density at radius 1 is 1.15 bits per heavy atom. The summed E-state index contributed by atoms with van der Waals surface area (Å²) in [5.74, 6) is -0.674. The monoisotopic (exact) mass is 351 g/mol. The molecule has 3 rings (SSSR count). The number of rotatable bonds is 5. The molecule has 26 heavy (non-hydrogen) atoms. The average molecular weight is 351 g/mol. The van der Waals surface area contributed by atoms with Crippen molar-refractivity contribution in [3.8, 4) is 0 Å². The molecule has 1 fully saturated rings. The van der Waals surface area contributed by atoms with Gasteiger partial charge in [-0.1, -0.05) is 55.0 Å². The largest absolute Gasteiger partial charge is 0.344 e. The second-order valence-electron chi connectivity index (χ2n) is 6.90. The molecule has 1 heterocycles. The van der Waals surface area contributed by atoms with Gasteiger partial charge in [0.1, 0.15) is 6.04 Å². The van der Waals surface area contributed by atoms with E-state index in [4.69, 9.17) is 5.73 Å². The smallest absolute Gasteiger partial charge is 0.249 e. The van der Waals surface area contributed by atoms with Gasteiger partial charge in [0.15, 0.2) is 0 Å². The van der Waals surface area contributed by atoms with E-state index < -0.39 is 18.0 Å². The lowest BCUT2D eigenvalue weighted by molar-refractivity contribution is -0.129. The van der Waals surface area contributed by atoms with E-state index in [1.54, 1.807) is 11.8 Å². The number of benzene rings is 2. The summed E-state index contributed by atoms with van der Waals surface area (Å²) in [6.07, 6.45) is 0.603. The fourth-order valence-corrected chi connectivity index (χ4v) is 3.23. The lowest BCUT2D eigenvalue weighted by Crippen LogP contribution is -2.45. The van der Waals surface area contributed by atoms with Crippen molar-refractivity contribution in [3.63, 3.8) is 0 Å². The molecule has 136 valence electrons. The van der Waals surface area contributed by atoms with Gasteiger partial charge in [-0.25, -0.2) is 0 Å². The van der Waals surface area contributed by atoms with Crippen LogP contribution in [0.1, 0.15) is 30.5 Å². The minimum absolute atomic E-state index is 0.0670. The second-order valence-corrected chi connectivity index (χ2v) is 6.90. The van der Waals surface area contributed by atoms with Crippen LogP contribution in [0.4, 0.5) is 5.69 Å². The van der Waals surface area contributed by atoms with Crippen LogP contribution in [-0.4, -0.2) is 24.4 Å². The van der Waals surface area contributed by atoms with Gasteiger partial charge in [-0.2, -0.15) is 0 Å². The first kappa shape index (κ1) is 18.1. The van der Waals surface area contributed by atoms with Crippen molar-refractivity contribution in [3.05, 3.63) is 65.7 Å². The highest BCUT2D eigenvalue weighted by Crippen LogP contribution is 2.23. The lowest BCUT2D eigenvalue weighted by atomic mass is 9.94. The SMILES string of the molecule is Cc1ccc(N2CCC(NC(=O)C(C)C(N)c3ccccc3)C2=O)cc1. The van der Waals surface area contributed by atoms with E-state index in [0.717, 1.165) is 16.8 Å². The zero-order valence-corrected chi connectivity index (χ0v) is 15.2. The summed E-state index contributed by atoms with van der Waals surface area (Å²) in [6.45, 7) is 4.41. The van der Waals surface area contributed by atoms with Crippen LogP contribution < -0.4 is 16.0 Å². The normalized spacial score (nSPS) is 19.3. The molecule has 2 amide bonds. The van der Waals surface area contributed by atoms with Crippen molar-refractivity contribution in [2.45, 2.75) is 32.4 Å². The van der Waals surface area contributed by atoms with Gasteiger partial charge in [0.2, 0.25) is 11.8 Å². The number of carbonyl (C=O) groups excluding carboxylic acids is 2. The molecule has 1 aliphatic heterocycles. The van der Waals surface area contributed by atoms with Gasteiger partial charge >= 0.3 is 0 Å². The summed E-state index contributed by atoms with van der Waals surface area (Å²) >= 11 is 0. The summed E-state index contributed by atoms with van der Waals surface area (Å²) < 4.78 is 0. The average Bonchev–Trinajstić information content (AvgIpc) is 3.02. The van der Waals surface area contributed by atoms with Crippen LogP contribution in [0.2, 0.25) is 0 Å². The fraction of sp³-hybridized carbons (Fsp3) is 0.333. The summed E-state index contributed by atoms with van der Waals surface area (Å²) in [5, 5.41) is 2.88. The van der Waals surface area contributed by atoms with Crippen LogP contribution in [0.25, 0.3) is 0 Å². The van der Waals surface area contributed by atoms with E-state index in [0.29, 0.717) is 13.0 Å². The van der Waals surface area contributed by atoms with Crippen LogP contribution in [0.15, 0.2) is 54.6 Å². The maximum atomic E-state index is 12.7. The van der Waals surface area contributed by atoms with Gasteiger partial charge in [0, 0.05) is 18.3 Å².